The van der Waals surface area contributed by atoms with Crippen LogP contribution in [0.3, 0.4) is 0 Å². The summed E-state index contributed by atoms with van der Waals surface area (Å²) in [5, 5.41) is 15.5. The quantitative estimate of drug-likeness (QED) is 0.408. The van der Waals surface area contributed by atoms with Gasteiger partial charge in [0.05, 0.1) is 12.4 Å². The van der Waals surface area contributed by atoms with Crippen LogP contribution in [0.5, 0.6) is 0 Å². The predicted octanol–water partition coefficient (Wildman–Crippen LogP) is 2.97. The Morgan fingerprint density at radius 2 is 1.33 bits per heavy atom. The molecule has 0 aliphatic carbocycles. The summed E-state index contributed by atoms with van der Waals surface area (Å²) in [5.74, 6) is -0.310. The van der Waals surface area contributed by atoms with Crippen LogP contribution in [0.2, 0.25) is 0 Å². The predicted molar refractivity (Wildman–Crippen MR) is 98.6 cm³/mol. The molecule has 8 heteroatoms. The fraction of sp³-hybridized carbons (Fsp3) is 0.250. The number of carbonyl (C=O) groups excluding carboxylic acids is 2. The van der Waals surface area contributed by atoms with Gasteiger partial charge in [-0.15, -0.1) is 0 Å². The van der Waals surface area contributed by atoms with Gasteiger partial charge in [0.1, 0.15) is 0 Å². The maximum atomic E-state index is 11.6. The lowest BCUT2D eigenvalue weighted by atomic mass is 10.2. The Hall–Kier alpha value is -2.32. The van der Waals surface area contributed by atoms with Crippen LogP contribution in [0.1, 0.15) is 36.8 Å². The molecule has 2 amide bonds. The summed E-state index contributed by atoms with van der Waals surface area (Å²) in [5.41, 5.74) is 6.86. The molecule has 0 fully saturated rings. The van der Waals surface area contributed by atoms with Gasteiger partial charge in [0.2, 0.25) is 11.8 Å². The van der Waals surface area contributed by atoms with Crippen molar-refractivity contribution >= 4 is 46.9 Å². The molecule has 0 aliphatic rings. The van der Waals surface area contributed by atoms with E-state index in [9.17, 15) is 9.59 Å². The third-order valence-corrected chi connectivity index (χ3v) is 4.35. The zero-order chi connectivity index (χ0) is 17.0. The first-order valence-corrected chi connectivity index (χ1v) is 9.31. The molecule has 0 saturated heterocycles. The summed E-state index contributed by atoms with van der Waals surface area (Å²) in [4.78, 5) is 23.1. The van der Waals surface area contributed by atoms with Crippen LogP contribution in [-0.2, 0) is 9.59 Å². The van der Waals surface area contributed by atoms with Gasteiger partial charge in [0.15, 0.2) is 0 Å². The number of amides is 2. The first-order chi connectivity index (χ1) is 11.7. The Kier molecular flexibility index (Phi) is 7.85. The van der Waals surface area contributed by atoms with E-state index in [0.717, 1.165) is 11.1 Å². The van der Waals surface area contributed by atoms with Crippen molar-refractivity contribution in [2.75, 3.05) is 0 Å². The number of hydrogen-bond acceptors (Lipinski definition) is 6. The maximum absolute atomic E-state index is 11.6. The van der Waals surface area contributed by atoms with Crippen LogP contribution < -0.4 is 10.9 Å². The van der Waals surface area contributed by atoms with Gasteiger partial charge in [-0.1, -0.05) is 0 Å². The zero-order valence-corrected chi connectivity index (χ0v) is 14.6. The lowest BCUT2D eigenvalue weighted by molar-refractivity contribution is -0.123. The molecular weight excluding hydrogens is 344 g/mol. The van der Waals surface area contributed by atoms with E-state index in [2.05, 4.69) is 21.1 Å². The lowest BCUT2D eigenvalue weighted by Gasteiger charge is -2.00. The third kappa shape index (κ3) is 7.30. The molecule has 0 aliphatic heterocycles. The Balaban J connectivity index is 1.52. The molecule has 24 heavy (non-hydrogen) atoms. The molecule has 2 heterocycles. The molecule has 6 nitrogen and oxygen atoms in total. The van der Waals surface area contributed by atoms with Crippen LogP contribution in [0.25, 0.3) is 0 Å². The first-order valence-electron chi connectivity index (χ1n) is 7.42. The summed E-state index contributed by atoms with van der Waals surface area (Å²) in [6, 6.07) is 3.83. The molecule has 0 saturated carbocycles. The molecule has 0 radical (unpaired) electrons. The minimum absolute atomic E-state index is 0.155. The Bertz CT molecular complexity index is 619. The van der Waals surface area contributed by atoms with Gasteiger partial charge in [-0.05, 0) is 46.5 Å². The number of hydrogen-bond donors (Lipinski definition) is 2. The standard InChI is InChI=1S/C16H18N4O2S2/c21-15(19-17-9-13-5-7-23-11-13)3-1-2-4-16(22)20-18-10-14-6-8-24-12-14/h5-12H,1-4H2,(H,19,21)(H,20,22)/b17-9+,18-10+. The van der Waals surface area contributed by atoms with E-state index >= 15 is 0 Å². The summed E-state index contributed by atoms with van der Waals surface area (Å²) in [7, 11) is 0. The first kappa shape index (κ1) is 18.0. The van der Waals surface area contributed by atoms with Gasteiger partial charge in [-0.2, -0.15) is 32.9 Å². The van der Waals surface area contributed by atoms with Crippen molar-refractivity contribution in [3.8, 4) is 0 Å². The molecule has 0 aromatic carbocycles. The second-order valence-electron chi connectivity index (χ2n) is 4.91. The van der Waals surface area contributed by atoms with Crippen molar-refractivity contribution < 1.29 is 9.59 Å². The molecule has 0 unspecified atom stereocenters. The van der Waals surface area contributed by atoms with Crippen molar-refractivity contribution in [3.63, 3.8) is 0 Å². The van der Waals surface area contributed by atoms with Gasteiger partial charge in [0.25, 0.3) is 0 Å². The molecule has 0 spiro atoms. The number of thiophene rings is 2. The molecule has 126 valence electrons. The Labute approximate surface area is 148 Å². The van der Waals surface area contributed by atoms with Gasteiger partial charge in [-0.3, -0.25) is 9.59 Å². The Morgan fingerprint density at radius 1 is 0.875 bits per heavy atom. The van der Waals surface area contributed by atoms with E-state index < -0.39 is 0 Å². The topological polar surface area (TPSA) is 82.9 Å². The van der Waals surface area contributed by atoms with Crippen molar-refractivity contribution in [1.82, 2.24) is 10.9 Å². The van der Waals surface area contributed by atoms with E-state index in [0.29, 0.717) is 25.7 Å². The normalized spacial score (nSPS) is 11.2. The average molecular weight is 362 g/mol. The van der Waals surface area contributed by atoms with Crippen LogP contribution in [0.15, 0.2) is 43.9 Å². The molecular formula is C16H18N4O2S2. The highest BCUT2D eigenvalue weighted by molar-refractivity contribution is 7.08. The highest BCUT2D eigenvalue weighted by Gasteiger charge is 2.03. The molecule has 2 N–H and O–H groups in total. The summed E-state index contributed by atoms with van der Waals surface area (Å²) >= 11 is 3.14. The van der Waals surface area contributed by atoms with Crippen LogP contribution in [0, 0.1) is 0 Å². The van der Waals surface area contributed by atoms with Gasteiger partial charge >= 0.3 is 0 Å². The highest BCUT2D eigenvalue weighted by Crippen LogP contribution is 2.03. The number of hydrazone groups is 2. The molecule has 0 atom stereocenters. The van der Waals surface area contributed by atoms with E-state index in [1.54, 1.807) is 35.1 Å². The minimum Gasteiger partial charge on any atom is -0.273 e. The average Bonchev–Trinajstić information content (AvgIpc) is 3.25. The van der Waals surface area contributed by atoms with E-state index in [4.69, 9.17) is 0 Å². The zero-order valence-electron chi connectivity index (χ0n) is 13.0. The fourth-order valence-electron chi connectivity index (χ4n) is 1.74. The second-order valence-corrected chi connectivity index (χ2v) is 6.47. The number of nitrogens with zero attached hydrogens (tertiary/aromatic N) is 2. The summed E-state index contributed by atoms with van der Waals surface area (Å²) in [6.45, 7) is 0. The van der Waals surface area contributed by atoms with Crippen LogP contribution >= 0.6 is 22.7 Å². The number of carbonyl (C=O) groups is 2. The van der Waals surface area contributed by atoms with Crippen molar-refractivity contribution in [3.05, 3.63) is 44.8 Å². The van der Waals surface area contributed by atoms with Crippen molar-refractivity contribution in [1.29, 1.82) is 0 Å². The van der Waals surface area contributed by atoms with E-state index in [1.165, 1.54) is 0 Å². The summed E-state index contributed by atoms with van der Waals surface area (Å²) < 4.78 is 0. The SMILES string of the molecule is O=C(CCCCC(=O)N/N=C/c1ccsc1)N/N=C/c1ccsc1. The van der Waals surface area contributed by atoms with E-state index in [1.807, 2.05) is 33.7 Å². The largest absolute Gasteiger partial charge is 0.273 e. The minimum atomic E-state index is -0.155. The smallest absolute Gasteiger partial charge is 0.240 e. The third-order valence-electron chi connectivity index (χ3n) is 2.95. The maximum Gasteiger partial charge on any atom is 0.240 e. The van der Waals surface area contributed by atoms with E-state index in [-0.39, 0.29) is 11.8 Å². The molecule has 2 aromatic heterocycles. The number of nitrogens with one attached hydrogen (secondary N) is 2. The molecule has 2 rings (SSSR count). The van der Waals surface area contributed by atoms with Crippen molar-refractivity contribution in [2.24, 2.45) is 10.2 Å². The fourth-order valence-corrected chi connectivity index (χ4v) is 2.96. The second kappa shape index (κ2) is 10.5. The Morgan fingerprint density at radius 3 is 1.71 bits per heavy atom. The molecule has 2 aromatic rings. The summed E-state index contributed by atoms with van der Waals surface area (Å²) in [6.07, 6.45) is 5.14. The number of unbranched alkanes of at least 4 members (excludes halogenated alkanes) is 1. The van der Waals surface area contributed by atoms with Crippen LogP contribution in [0.4, 0.5) is 0 Å². The number of rotatable bonds is 9. The highest BCUT2D eigenvalue weighted by atomic mass is 32.1. The monoisotopic (exact) mass is 362 g/mol. The van der Waals surface area contributed by atoms with Gasteiger partial charge < -0.3 is 0 Å². The lowest BCUT2D eigenvalue weighted by Crippen LogP contribution is -2.18. The van der Waals surface area contributed by atoms with Gasteiger partial charge in [-0.25, -0.2) is 10.9 Å². The van der Waals surface area contributed by atoms with Crippen LogP contribution in [-0.4, -0.2) is 24.2 Å². The van der Waals surface area contributed by atoms with Gasteiger partial charge in [0, 0.05) is 24.0 Å². The van der Waals surface area contributed by atoms with Crippen molar-refractivity contribution in [2.45, 2.75) is 25.7 Å². The molecule has 0 bridgehead atoms.